The summed E-state index contributed by atoms with van der Waals surface area (Å²) in [5, 5.41) is 0. The largest absolute Gasteiger partial charge is 0.497 e. The molecule has 1 heterocycles. The van der Waals surface area contributed by atoms with Crippen LogP contribution in [0.3, 0.4) is 0 Å². The van der Waals surface area contributed by atoms with Crippen LogP contribution in [0.15, 0.2) is 60.8 Å². The number of benzene rings is 2. The van der Waals surface area contributed by atoms with E-state index in [-0.39, 0.29) is 12.4 Å². The maximum atomic E-state index is 13.1. The molecule has 0 aliphatic carbocycles. The van der Waals surface area contributed by atoms with Crippen LogP contribution in [0, 0.1) is 6.92 Å². The van der Waals surface area contributed by atoms with E-state index in [0.717, 1.165) is 11.1 Å². The molecule has 0 saturated carbocycles. The molecule has 0 spiro atoms. The van der Waals surface area contributed by atoms with Crippen LogP contribution in [0.5, 0.6) is 17.2 Å². The number of ether oxygens (including phenoxy) is 4. The molecular weight excluding hydrogens is 422 g/mol. The van der Waals surface area contributed by atoms with Crippen molar-refractivity contribution in [2.75, 3.05) is 27.9 Å². The van der Waals surface area contributed by atoms with Crippen molar-refractivity contribution in [2.24, 2.45) is 0 Å². The molecule has 33 heavy (non-hydrogen) atoms. The van der Waals surface area contributed by atoms with Gasteiger partial charge < -0.3 is 23.5 Å². The summed E-state index contributed by atoms with van der Waals surface area (Å²) in [7, 11) is 4.44. The molecule has 2 aromatic carbocycles. The molecular formula is C26H27NO6. The Kier molecular flexibility index (Phi) is 7.91. The second kappa shape index (κ2) is 11.0. The first-order chi connectivity index (χ1) is 16.0. The van der Waals surface area contributed by atoms with E-state index in [0.29, 0.717) is 35.1 Å². The number of allylic oxidation sites excluding steroid dienone is 1. The summed E-state index contributed by atoms with van der Waals surface area (Å²) >= 11 is 0. The van der Waals surface area contributed by atoms with Gasteiger partial charge in [-0.25, -0.2) is 4.79 Å². The number of nitrogens with zero attached hydrogens (tertiary/aromatic N) is 1. The minimum Gasteiger partial charge on any atom is -0.497 e. The van der Waals surface area contributed by atoms with Gasteiger partial charge in [-0.3, -0.25) is 4.79 Å². The number of hydrogen-bond acceptors (Lipinski definition) is 6. The molecule has 7 heteroatoms. The standard InChI is InChI=1S/C26H27NO6/c1-18-15-22(25(29)19-10-12-21(30-2)13-11-19)27(16-18)14-6-8-20-7-5-9-23(26(20)32-4)33-17-24(28)31-3/h5-13,15-16H,14,17H2,1-4H3. The molecule has 0 atom stereocenters. The lowest BCUT2D eigenvalue weighted by Gasteiger charge is -2.12. The Balaban J connectivity index is 1.78. The first kappa shape index (κ1) is 23.7. The van der Waals surface area contributed by atoms with Gasteiger partial charge in [-0.1, -0.05) is 24.3 Å². The predicted molar refractivity (Wildman–Crippen MR) is 125 cm³/mol. The molecule has 0 N–H and O–H groups in total. The van der Waals surface area contributed by atoms with Crippen molar-refractivity contribution in [2.45, 2.75) is 13.5 Å². The van der Waals surface area contributed by atoms with Crippen LogP contribution in [0.25, 0.3) is 6.08 Å². The highest BCUT2D eigenvalue weighted by molar-refractivity contribution is 6.08. The minimum absolute atomic E-state index is 0.0602. The van der Waals surface area contributed by atoms with Gasteiger partial charge in [0.1, 0.15) is 5.75 Å². The summed E-state index contributed by atoms with van der Waals surface area (Å²) in [5.41, 5.74) is 2.98. The molecule has 172 valence electrons. The van der Waals surface area contributed by atoms with Crippen molar-refractivity contribution in [1.29, 1.82) is 0 Å². The molecule has 0 amide bonds. The van der Waals surface area contributed by atoms with Gasteiger partial charge in [-0.15, -0.1) is 0 Å². The summed E-state index contributed by atoms with van der Waals surface area (Å²) in [6, 6.07) is 14.4. The second-order valence-electron chi connectivity index (χ2n) is 7.26. The summed E-state index contributed by atoms with van der Waals surface area (Å²) in [5.74, 6) is 1.12. The van der Waals surface area contributed by atoms with Gasteiger partial charge in [0.15, 0.2) is 18.1 Å². The van der Waals surface area contributed by atoms with Crippen LogP contribution < -0.4 is 14.2 Å². The predicted octanol–water partition coefficient (Wildman–Crippen LogP) is 4.31. The number of aromatic nitrogens is 1. The number of ketones is 1. The number of carbonyl (C=O) groups is 2. The molecule has 0 radical (unpaired) electrons. The smallest absolute Gasteiger partial charge is 0.343 e. The van der Waals surface area contributed by atoms with E-state index in [9.17, 15) is 9.59 Å². The number of methoxy groups -OCH3 is 3. The van der Waals surface area contributed by atoms with Gasteiger partial charge in [0.25, 0.3) is 0 Å². The van der Waals surface area contributed by atoms with E-state index in [2.05, 4.69) is 4.74 Å². The molecule has 0 unspecified atom stereocenters. The molecule has 1 aromatic heterocycles. The Morgan fingerprint density at radius 1 is 1.00 bits per heavy atom. The molecule has 0 aliphatic heterocycles. The molecule has 3 rings (SSSR count). The highest BCUT2D eigenvalue weighted by Gasteiger charge is 2.15. The maximum absolute atomic E-state index is 13.1. The van der Waals surface area contributed by atoms with Crippen LogP contribution in [-0.2, 0) is 16.1 Å². The van der Waals surface area contributed by atoms with E-state index < -0.39 is 5.97 Å². The van der Waals surface area contributed by atoms with Crippen molar-refractivity contribution in [3.8, 4) is 17.2 Å². The van der Waals surface area contributed by atoms with Gasteiger partial charge >= 0.3 is 5.97 Å². The quantitative estimate of drug-likeness (QED) is 0.339. The van der Waals surface area contributed by atoms with E-state index in [1.807, 2.05) is 48.0 Å². The average molecular weight is 450 g/mol. The third kappa shape index (κ3) is 5.83. The lowest BCUT2D eigenvalue weighted by atomic mass is 10.1. The summed E-state index contributed by atoms with van der Waals surface area (Å²) in [6.45, 7) is 2.23. The normalized spacial score (nSPS) is 10.8. The van der Waals surface area contributed by atoms with Crippen LogP contribution in [0.1, 0.15) is 27.2 Å². The fraction of sp³-hybridized carbons (Fsp3) is 0.231. The van der Waals surface area contributed by atoms with Crippen molar-refractivity contribution in [3.63, 3.8) is 0 Å². The Hall–Kier alpha value is -4.00. The Labute approximate surface area is 193 Å². The average Bonchev–Trinajstić information content (AvgIpc) is 3.22. The number of carbonyl (C=O) groups excluding carboxylic acids is 2. The number of rotatable bonds is 10. The number of aryl methyl sites for hydroxylation is 1. The summed E-state index contributed by atoms with van der Waals surface area (Å²) < 4.78 is 22.7. The summed E-state index contributed by atoms with van der Waals surface area (Å²) in [4.78, 5) is 24.4. The van der Waals surface area contributed by atoms with Crippen molar-refractivity contribution >= 4 is 17.8 Å². The molecule has 0 saturated heterocycles. The lowest BCUT2D eigenvalue weighted by molar-refractivity contribution is -0.142. The first-order valence-electron chi connectivity index (χ1n) is 10.4. The Bertz CT molecular complexity index is 1140. The molecule has 0 bridgehead atoms. The summed E-state index contributed by atoms with van der Waals surface area (Å²) in [6.07, 6.45) is 5.77. The van der Waals surface area contributed by atoms with Crippen LogP contribution in [0.2, 0.25) is 0 Å². The first-order valence-corrected chi connectivity index (χ1v) is 10.4. The van der Waals surface area contributed by atoms with E-state index in [4.69, 9.17) is 14.2 Å². The van der Waals surface area contributed by atoms with Gasteiger partial charge in [-0.05, 0) is 48.9 Å². The van der Waals surface area contributed by atoms with Gasteiger partial charge in [0, 0.05) is 23.9 Å². The topological polar surface area (TPSA) is 76.0 Å². The monoisotopic (exact) mass is 449 g/mol. The number of hydrogen-bond donors (Lipinski definition) is 0. The molecule has 0 aliphatic rings. The van der Waals surface area contributed by atoms with Crippen molar-refractivity contribution in [1.82, 2.24) is 4.57 Å². The van der Waals surface area contributed by atoms with E-state index in [1.165, 1.54) is 7.11 Å². The highest BCUT2D eigenvalue weighted by Crippen LogP contribution is 2.32. The van der Waals surface area contributed by atoms with Gasteiger partial charge in [0.05, 0.1) is 27.0 Å². The SMILES string of the molecule is COC(=O)COc1cccc(C=CCn2cc(C)cc2C(=O)c2ccc(OC)cc2)c1OC. The highest BCUT2D eigenvalue weighted by atomic mass is 16.6. The zero-order valence-electron chi connectivity index (χ0n) is 19.2. The van der Waals surface area contributed by atoms with Gasteiger partial charge in [0.2, 0.25) is 5.78 Å². The van der Waals surface area contributed by atoms with Crippen LogP contribution in [0.4, 0.5) is 0 Å². The minimum atomic E-state index is -0.477. The van der Waals surface area contributed by atoms with Crippen molar-refractivity contribution < 1.29 is 28.5 Å². The second-order valence-corrected chi connectivity index (χ2v) is 7.26. The molecule has 3 aromatic rings. The van der Waals surface area contributed by atoms with E-state index in [1.54, 1.807) is 44.6 Å². The lowest BCUT2D eigenvalue weighted by Crippen LogP contribution is -2.13. The fourth-order valence-electron chi connectivity index (χ4n) is 3.37. The van der Waals surface area contributed by atoms with Crippen molar-refractivity contribution in [3.05, 3.63) is 83.2 Å². The fourth-order valence-corrected chi connectivity index (χ4v) is 3.37. The Morgan fingerprint density at radius 2 is 1.76 bits per heavy atom. The number of esters is 1. The zero-order chi connectivity index (χ0) is 23.8. The molecule has 0 fully saturated rings. The Morgan fingerprint density at radius 3 is 2.42 bits per heavy atom. The third-order valence-electron chi connectivity index (χ3n) is 5.00. The zero-order valence-corrected chi connectivity index (χ0v) is 19.2. The molecule has 7 nitrogen and oxygen atoms in total. The van der Waals surface area contributed by atoms with Crippen LogP contribution in [-0.4, -0.2) is 44.3 Å². The van der Waals surface area contributed by atoms with Gasteiger partial charge in [-0.2, -0.15) is 0 Å². The van der Waals surface area contributed by atoms with Crippen LogP contribution >= 0.6 is 0 Å². The maximum Gasteiger partial charge on any atom is 0.343 e. The third-order valence-corrected chi connectivity index (χ3v) is 5.00. The number of para-hydroxylation sites is 1. The van der Waals surface area contributed by atoms with E-state index >= 15 is 0 Å².